The molecule has 1 atom stereocenters. The van der Waals surface area contributed by atoms with Crippen LogP contribution >= 0.6 is 11.6 Å². The first-order chi connectivity index (χ1) is 13.4. The van der Waals surface area contributed by atoms with E-state index in [0.717, 1.165) is 0 Å². The van der Waals surface area contributed by atoms with E-state index in [-0.39, 0.29) is 22.9 Å². The number of amidine groups is 1. The van der Waals surface area contributed by atoms with Gasteiger partial charge in [0.1, 0.15) is 22.4 Å². The van der Waals surface area contributed by atoms with Crippen molar-refractivity contribution >= 4 is 29.1 Å². The van der Waals surface area contributed by atoms with Gasteiger partial charge in [-0.05, 0) is 26.0 Å². The highest BCUT2D eigenvalue weighted by Gasteiger charge is 2.33. The highest BCUT2D eigenvalue weighted by molar-refractivity contribution is 6.33. The Balaban J connectivity index is 2.16. The summed E-state index contributed by atoms with van der Waals surface area (Å²) >= 11 is 6.32. The topological polar surface area (TPSA) is 114 Å². The van der Waals surface area contributed by atoms with Crippen molar-refractivity contribution in [1.29, 1.82) is 0 Å². The number of pyridine rings is 1. The number of aliphatic imine (C=N–C) groups is 1. The molecular weight excluding hydrogens is 384 g/mol. The number of quaternary nitrogens is 1. The number of nitrogens with one attached hydrogen (secondary N) is 2. The SMILES string of the molecule is CCOC(=O)C1=C(C)NC(c2ccccn2)=NC1c1cccc([NH+]([O-])[O-])c1Cl. The van der Waals surface area contributed by atoms with Crippen molar-refractivity contribution < 1.29 is 14.8 Å². The zero-order valence-electron chi connectivity index (χ0n) is 15.2. The summed E-state index contributed by atoms with van der Waals surface area (Å²) in [5.74, 6) is -0.123. The van der Waals surface area contributed by atoms with Gasteiger partial charge in [-0.3, -0.25) is 9.98 Å². The predicted octanol–water partition coefficient (Wildman–Crippen LogP) is 2.18. The molecule has 1 aliphatic rings. The minimum absolute atomic E-state index is 0.0341. The molecule has 0 saturated heterocycles. The quantitative estimate of drug-likeness (QED) is 0.586. The van der Waals surface area contributed by atoms with Crippen LogP contribution in [0.4, 0.5) is 5.69 Å². The van der Waals surface area contributed by atoms with Crippen LogP contribution in [0.25, 0.3) is 0 Å². The Morgan fingerprint density at radius 3 is 2.71 bits per heavy atom. The van der Waals surface area contributed by atoms with E-state index in [1.165, 1.54) is 12.1 Å². The third-order valence-corrected chi connectivity index (χ3v) is 4.61. The highest BCUT2D eigenvalue weighted by atomic mass is 35.5. The van der Waals surface area contributed by atoms with Crippen molar-refractivity contribution in [2.45, 2.75) is 19.9 Å². The van der Waals surface area contributed by atoms with Crippen LogP contribution in [0.2, 0.25) is 5.02 Å². The average molecular weight is 402 g/mol. The molecule has 28 heavy (non-hydrogen) atoms. The summed E-state index contributed by atoms with van der Waals surface area (Å²) in [5, 5.41) is 24.4. The highest BCUT2D eigenvalue weighted by Crippen LogP contribution is 2.37. The van der Waals surface area contributed by atoms with Gasteiger partial charge < -0.3 is 25.7 Å². The van der Waals surface area contributed by atoms with E-state index in [9.17, 15) is 15.2 Å². The number of rotatable bonds is 5. The van der Waals surface area contributed by atoms with Crippen LogP contribution in [-0.4, -0.2) is 23.4 Å². The maximum Gasteiger partial charge on any atom is 0.338 e. The van der Waals surface area contributed by atoms with E-state index < -0.39 is 17.2 Å². The molecule has 0 fully saturated rings. The van der Waals surface area contributed by atoms with Crippen molar-refractivity contribution in [3.63, 3.8) is 0 Å². The monoisotopic (exact) mass is 401 g/mol. The number of ether oxygens (including phenoxy) is 1. The van der Waals surface area contributed by atoms with Crippen molar-refractivity contribution in [2.75, 3.05) is 6.61 Å². The fraction of sp³-hybridized carbons (Fsp3) is 0.211. The lowest BCUT2D eigenvalue weighted by atomic mass is 9.95. The normalized spacial score (nSPS) is 16.6. The van der Waals surface area contributed by atoms with Gasteiger partial charge in [-0.1, -0.05) is 29.8 Å². The summed E-state index contributed by atoms with van der Waals surface area (Å²) in [7, 11) is 0. The van der Waals surface area contributed by atoms with Gasteiger partial charge in [-0.2, -0.15) is 0 Å². The molecule has 9 heteroatoms. The second-order valence-corrected chi connectivity index (χ2v) is 6.35. The lowest BCUT2D eigenvalue weighted by molar-refractivity contribution is -0.715. The van der Waals surface area contributed by atoms with Crippen LogP contribution in [0.5, 0.6) is 0 Å². The van der Waals surface area contributed by atoms with Crippen LogP contribution in [0, 0.1) is 10.4 Å². The molecule has 2 heterocycles. The second kappa shape index (κ2) is 8.49. The molecule has 0 amide bonds. The summed E-state index contributed by atoms with van der Waals surface area (Å²) in [6.07, 6.45) is 1.62. The van der Waals surface area contributed by atoms with Crippen molar-refractivity contribution in [2.24, 2.45) is 4.99 Å². The number of carbonyl (C=O) groups excluding carboxylic acids is 1. The summed E-state index contributed by atoms with van der Waals surface area (Å²) in [6, 6.07) is 8.99. The number of allylic oxidation sites excluding steroid dienone is 1. The fourth-order valence-electron chi connectivity index (χ4n) is 2.93. The summed E-state index contributed by atoms with van der Waals surface area (Å²) in [6.45, 7) is 3.60. The largest absolute Gasteiger partial charge is 0.628 e. The first-order valence-electron chi connectivity index (χ1n) is 8.57. The Hall–Kier alpha value is -2.78. The molecule has 1 aromatic heterocycles. The molecule has 0 radical (unpaired) electrons. The number of benzene rings is 1. The fourth-order valence-corrected chi connectivity index (χ4v) is 3.23. The molecule has 3 rings (SSSR count). The van der Waals surface area contributed by atoms with Crippen molar-refractivity contribution in [3.05, 3.63) is 80.6 Å². The van der Waals surface area contributed by atoms with E-state index in [4.69, 9.17) is 16.3 Å². The van der Waals surface area contributed by atoms with Crippen LogP contribution in [0.1, 0.15) is 31.1 Å². The standard InChI is InChI=1S/C19H18ClN4O4/c1-3-28-19(25)15-11(2)22-18(13-8-4-5-10-21-13)23-17(15)12-7-6-9-14(16(12)20)24(26)27/h4-10,17,24H,3H2,1-2H3,(H,22,23)/q-1. The molecule has 1 unspecified atom stereocenters. The van der Waals surface area contributed by atoms with Crippen LogP contribution in [-0.2, 0) is 9.53 Å². The predicted molar refractivity (Wildman–Crippen MR) is 105 cm³/mol. The molecule has 0 spiro atoms. The number of halogens is 1. The summed E-state index contributed by atoms with van der Waals surface area (Å²) in [5.41, 5.74) is 1.53. The Morgan fingerprint density at radius 1 is 1.29 bits per heavy atom. The first-order valence-corrected chi connectivity index (χ1v) is 8.95. The maximum absolute atomic E-state index is 12.6. The van der Waals surface area contributed by atoms with Gasteiger partial charge >= 0.3 is 5.97 Å². The molecule has 0 bridgehead atoms. The second-order valence-electron chi connectivity index (χ2n) is 5.98. The zero-order chi connectivity index (χ0) is 20.3. The minimum Gasteiger partial charge on any atom is -0.628 e. The van der Waals surface area contributed by atoms with Crippen LogP contribution < -0.4 is 10.5 Å². The van der Waals surface area contributed by atoms with Crippen molar-refractivity contribution in [1.82, 2.24) is 10.3 Å². The number of aromatic nitrogens is 1. The molecule has 1 aromatic carbocycles. The van der Waals surface area contributed by atoms with Gasteiger partial charge in [0.05, 0.1) is 12.2 Å². The smallest absolute Gasteiger partial charge is 0.338 e. The lowest BCUT2D eigenvalue weighted by Crippen LogP contribution is -2.96. The van der Waals surface area contributed by atoms with E-state index in [1.54, 1.807) is 38.2 Å². The Kier molecular flexibility index (Phi) is 6.05. The Labute approximate surface area is 166 Å². The Bertz CT molecular complexity index is 944. The van der Waals surface area contributed by atoms with Gasteiger partial charge in [0.15, 0.2) is 5.84 Å². The molecule has 8 nitrogen and oxygen atoms in total. The number of nitrogens with zero attached hydrogens (tertiary/aromatic N) is 2. The van der Waals surface area contributed by atoms with E-state index in [2.05, 4.69) is 15.3 Å². The van der Waals surface area contributed by atoms with Gasteiger partial charge in [0.25, 0.3) is 0 Å². The third kappa shape index (κ3) is 3.90. The summed E-state index contributed by atoms with van der Waals surface area (Å²) in [4.78, 5) is 21.5. The minimum atomic E-state index is -1.41. The van der Waals surface area contributed by atoms with Gasteiger partial charge in [-0.25, -0.2) is 4.79 Å². The van der Waals surface area contributed by atoms with Crippen molar-refractivity contribution in [3.8, 4) is 0 Å². The molecular formula is C19H18ClN4O4-. The third-order valence-electron chi connectivity index (χ3n) is 4.19. The van der Waals surface area contributed by atoms with Crippen LogP contribution in [0.15, 0.2) is 58.9 Å². The lowest BCUT2D eigenvalue weighted by Gasteiger charge is -2.29. The molecule has 0 saturated carbocycles. The molecule has 2 N–H and O–H groups in total. The molecule has 2 aromatic rings. The van der Waals surface area contributed by atoms with E-state index in [0.29, 0.717) is 22.8 Å². The molecule has 146 valence electrons. The van der Waals surface area contributed by atoms with Gasteiger partial charge in [-0.15, -0.1) is 0 Å². The van der Waals surface area contributed by atoms with Crippen LogP contribution in [0.3, 0.4) is 0 Å². The maximum atomic E-state index is 12.6. The molecule has 1 aliphatic heterocycles. The number of hydrogen-bond acceptors (Lipinski definition) is 7. The Morgan fingerprint density at radius 2 is 2.07 bits per heavy atom. The number of carbonyl (C=O) groups is 1. The first kappa shape index (κ1) is 20.0. The van der Waals surface area contributed by atoms with Gasteiger partial charge in [0, 0.05) is 23.5 Å². The number of esters is 1. The molecule has 0 aliphatic carbocycles. The van der Waals surface area contributed by atoms with E-state index >= 15 is 0 Å². The average Bonchev–Trinajstić information content (AvgIpc) is 2.68. The van der Waals surface area contributed by atoms with E-state index in [1.807, 2.05) is 6.07 Å². The summed E-state index contributed by atoms with van der Waals surface area (Å²) < 4.78 is 5.17. The van der Waals surface area contributed by atoms with Gasteiger partial charge in [0.2, 0.25) is 0 Å². The number of hydrogen-bond donors (Lipinski definition) is 2. The zero-order valence-corrected chi connectivity index (χ0v) is 16.0.